The third-order valence-electron chi connectivity index (χ3n) is 4.37. The fourth-order valence-corrected chi connectivity index (χ4v) is 3.68. The van der Waals surface area contributed by atoms with Crippen LogP contribution in [0.25, 0.3) is 0 Å². The summed E-state index contributed by atoms with van der Waals surface area (Å²) in [6, 6.07) is 14.5. The lowest BCUT2D eigenvalue weighted by atomic mass is 9.94. The normalized spacial score (nSPS) is 13.6. The Hall–Kier alpha value is -2.67. The van der Waals surface area contributed by atoms with Gasteiger partial charge in [-0.2, -0.15) is 0 Å². The predicted octanol–water partition coefficient (Wildman–Crippen LogP) is 2.60. The molecule has 0 bridgehead atoms. The molecule has 2 rings (SSSR count). The molecule has 0 saturated carbocycles. The molecule has 27 heavy (non-hydrogen) atoms. The molecule has 2 atom stereocenters. The van der Waals surface area contributed by atoms with Crippen molar-refractivity contribution < 1.29 is 23.1 Å². The maximum atomic E-state index is 12.5. The topological polar surface area (TPSA) is 101 Å². The van der Waals surface area contributed by atoms with Crippen molar-refractivity contribution in [3.63, 3.8) is 0 Å². The molecule has 1 amide bonds. The molecule has 2 aromatic carbocycles. The number of carboxylic acids is 1. The molecule has 0 spiro atoms. The number of carboxylic acid groups (broad SMARTS) is 1. The van der Waals surface area contributed by atoms with Crippen molar-refractivity contribution in [3.05, 3.63) is 65.7 Å². The fraction of sp³-hybridized carbons (Fsp3) is 0.300. The molecule has 0 aromatic heterocycles. The minimum atomic E-state index is -3.36. The van der Waals surface area contributed by atoms with Crippen LogP contribution in [0, 0.1) is 5.92 Å². The van der Waals surface area contributed by atoms with Crippen molar-refractivity contribution >= 4 is 21.7 Å². The van der Waals surface area contributed by atoms with E-state index >= 15 is 0 Å². The minimum absolute atomic E-state index is 0.0190. The number of rotatable bonds is 8. The molecule has 6 nitrogen and oxygen atoms in total. The minimum Gasteiger partial charge on any atom is -0.481 e. The van der Waals surface area contributed by atoms with Gasteiger partial charge >= 0.3 is 5.97 Å². The van der Waals surface area contributed by atoms with E-state index in [-0.39, 0.29) is 23.0 Å². The van der Waals surface area contributed by atoms with E-state index in [2.05, 4.69) is 5.32 Å². The molecule has 0 heterocycles. The first-order valence-electron chi connectivity index (χ1n) is 8.63. The Morgan fingerprint density at radius 2 is 1.74 bits per heavy atom. The van der Waals surface area contributed by atoms with Crippen LogP contribution < -0.4 is 5.32 Å². The van der Waals surface area contributed by atoms with Crippen LogP contribution in [0.3, 0.4) is 0 Å². The average Bonchev–Trinajstić information content (AvgIpc) is 2.66. The quantitative estimate of drug-likeness (QED) is 0.723. The highest BCUT2D eigenvalue weighted by atomic mass is 32.2. The summed E-state index contributed by atoms with van der Waals surface area (Å²) in [5, 5.41) is 12.1. The molecule has 0 aliphatic rings. The first kappa shape index (κ1) is 20.6. The molecule has 0 saturated heterocycles. The van der Waals surface area contributed by atoms with Crippen LogP contribution in [0.15, 0.2) is 59.5 Å². The van der Waals surface area contributed by atoms with Gasteiger partial charge in [-0.05, 0) is 30.2 Å². The van der Waals surface area contributed by atoms with Gasteiger partial charge in [0.15, 0.2) is 9.84 Å². The van der Waals surface area contributed by atoms with Crippen molar-refractivity contribution in [1.82, 2.24) is 5.32 Å². The second kappa shape index (κ2) is 8.81. The fourth-order valence-electron chi connectivity index (χ4n) is 2.73. The highest BCUT2D eigenvalue weighted by Crippen LogP contribution is 2.22. The van der Waals surface area contributed by atoms with Crippen molar-refractivity contribution in [3.8, 4) is 0 Å². The third-order valence-corrected chi connectivity index (χ3v) is 6.10. The second-order valence-corrected chi connectivity index (χ2v) is 8.59. The SMILES string of the molecule is CCS(=O)(=O)c1cccc(CC(=O)NC(c2ccccc2)C(C)C(=O)O)c1. The molecule has 144 valence electrons. The molecule has 2 N–H and O–H groups in total. The molecule has 0 radical (unpaired) electrons. The first-order chi connectivity index (χ1) is 12.7. The van der Waals surface area contributed by atoms with E-state index in [9.17, 15) is 23.1 Å². The van der Waals surface area contributed by atoms with Crippen molar-refractivity contribution in [2.45, 2.75) is 31.2 Å². The molecule has 2 aromatic rings. The van der Waals surface area contributed by atoms with E-state index in [1.54, 1.807) is 43.3 Å². The smallest absolute Gasteiger partial charge is 0.308 e. The molecular formula is C20H23NO5S. The molecule has 2 unspecified atom stereocenters. The van der Waals surface area contributed by atoms with E-state index in [4.69, 9.17) is 0 Å². The summed E-state index contributed by atoms with van der Waals surface area (Å²) in [5.74, 6) is -2.22. The van der Waals surface area contributed by atoms with Crippen LogP contribution in [-0.2, 0) is 25.8 Å². The maximum absolute atomic E-state index is 12.5. The van der Waals surface area contributed by atoms with Crippen LogP contribution in [0.4, 0.5) is 0 Å². The number of hydrogen-bond acceptors (Lipinski definition) is 4. The monoisotopic (exact) mass is 389 g/mol. The Morgan fingerprint density at radius 3 is 2.33 bits per heavy atom. The number of benzene rings is 2. The summed E-state index contributed by atoms with van der Waals surface area (Å²) in [7, 11) is -3.36. The summed E-state index contributed by atoms with van der Waals surface area (Å²) in [6.07, 6.45) is -0.0389. The average molecular weight is 389 g/mol. The van der Waals surface area contributed by atoms with Gasteiger partial charge in [-0.3, -0.25) is 9.59 Å². The van der Waals surface area contributed by atoms with E-state index in [1.807, 2.05) is 6.07 Å². The van der Waals surface area contributed by atoms with Gasteiger partial charge < -0.3 is 10.4 Å². The van der Waals surface area contributed by atoms with Crippen LogP contribution in [0.2, 0.25) is 0 Å². The number of carbonyl (C=O) groups excluding carboxylic acids is 1. The van der Waals surface area contributed by atoms with Gasteiger partial charge in [0.05, 0.1) is 29.0 Å². The third kappa shape index (κ3) is 5.40. The van der Waals surface area contributed by atoms with Crippen LogP contribution in [-0.4, -0.2) is 31.2 Å². The van der Waals surface area contributed by atoms with E-state index in [0.717, 1.165) is 0 Å². The Bertz CT molecular complexity index is 909. The number of amides is 1. The zero-order chi connectivity index (χ0) is 20.0. The van der Waals surface area contributed by atoms with Crippen molar-refractivity contribution in [1.29, 1.82) is 0 Å². The lowest BCUT2D eigenvalue weighted by Gasteiger charge is -2.23. The van der Waals surface area contributed by atoms with Crippen LogP contribution >= 0.6 is 0 Å². The Morgan fingerprint density at radius 1 is 1.07 bits per heavy atom. The lowest BCUT2D eigenvalue weighted by Crippen LogP contribution is -2.36. The second-order valence-electron chi connectivity index (χ2n) is 6.31. The van der Waals surface area contributed by atoms with E-state index in [1.165, 1.54) is 19.1 Å². The highest BCUT2D eigenvalue weighted by molar-refractivity contribution is 7.91. The lowest BCUT2D eigenvalue weighted by molar-refractivity contribution is -0.142. The zero-order valence-electron chi connectivity index (χ0n) is 15.3. The molecule has 0 aliphatic carbocycles. The number of nitrogens with one attached hydrogen (secondary N) is 1. The summed E-state index contributed by atoms with van der Waals surface area (Å²) in [6.45, 7) is 3.10. The van der Waals surface area contributed by atoms with Gasteiger partial charge in [0.1, 0.15) is 0 Å². The van der Waals surface area contributed by atoms with Gasteiger partial charge in [0, 0.05) is 0 Å². The summed E-state index contributed by atoms with van der Waals surface area (Å²) in [4.78, 5) is 24.1. The van der Waals surface area contributed by atoms with Gasteiger partial charge in [0.25, 0.3) is 0 Å². The molecular weight excluding hydrogens is 366 g/mol. The number of sulfone groups is 1. The standard InChI is InChI=1S/C20H23NO5S/c1-3-27(25,26)17-11-7-8-15(12-17)13-18(22)21-19(14(2)20(23)24)16-9-5-4-6-10-16/h4-12,14,19H,3,13H2,1-2H3,(H,21,22)(H,23,24). The van der Waals surface area contributed by atoms with Gasteiger partial charge in [-0.25, -0.2) is 8.42 Å². The van der Waals surface area contributed by atoms with Crippen LogP contribution in [0.1, 0.15) is 31.0 Å². The van der Waals surface area contributed by atoms with Crippen LogP contribution in [0.5, 0.6) is 0 Å². The largest absolute Gasteiger partial charge is 0.481 e. The highest BCUT2D eigenvalue weighted by Gasteiger charge is 2.26. The number of hydrogen-bond donors (Lipinski definition) is 2. The summed E-state index contributed by atoms with van der Waals surface area (Å²) >= 11 is 0. The predicted molar refractivity (Wildman–Crippen MR) is 102 cm³/mol. The first-order valence-corrected chi connectivity index (χ1v) is 10.3. The Kier molecular flexibility index (Phi) is 6.74. The van der Waals surface area contributed by atoms with E-state index < -0.39 is 27.8 Å². The van der Waals surface area contributed by atoms with Gasteiger partial charge in [-0.1, -0.05) is 49.4 Å². The molecule has 0 aliphatic heterocycles. The van der Waals surface area contributed by atoms with Crippen molar-refractivity contribution in [2.75, 3.05) is 5.75 Å². The number of aliphatic carboxylic acids is 1. The van der Waals surface area contributed by atoms with Gasteiger partial charge in [0.2, 0.25) is 5.91 Å². The zero-order valence-corrected chi connectivity index (χ0v) is 16.1. The molecule has 7 heteroatoms. The summed E-state index contributed by atoms with van der Waals surface area (Å²) in [5.41, 5.74) is 1.25. The van der Waals surface area contributed by atoms with E-state index in [0.29, 0.717) is 11.1 Å². The maximum Gasteiger partial charge on any atom is 0.308 e. The number of carbonyl (C=O) groups is 2. The van der Waals surface area contributed by atoms with Crippen molar-refractivity contribution in [2.24, 2.45) is 5.92 Å². The Balaban J connectivity index is 2.19. The molecule has 0 fully saturated rings. The Labute approximate surface area is 159 Å². The van der Waals surface area contributed by atoms with Gasteiger partial charge in [-0.15, -0.1) is 0 Å². The summed E-state index contributed by atoms with van der Waals surface area (Å²) < 4.78 is 24.0.